The van der Waals surface area contributed by atoms with Gasteiger partial charge < -0.3 is 24.9 Å². The number of nitrogens with zero attached hydrogens (tertiary/aromatic N) is 1. The Hall–Kier alpha value is -4.76. The molecule has 1 aliphatic rings. The summed E-state index contributed by atoms with van der Waals surface area (Å²) in [6.07, 6.45) is 0.236. The number of carboxylic acid groups (broad SMARTS) is 1. The van der Waals surface area contributed by atoms with Crippen LogP contribution < -0.4 is 15.3 Å². The van der Waals surface area contributed by atoms with E-state index in [2.05, 4.69) is 27.3 Å². The molecule has 1 fully saturated rings. The van der Waals surface area contributed by atoms with E-state index in [0.29, 0.717) is 29.7 Å². The summed E-state index contributed by atoms with van der Waals surface area (Å²) in [6, 6.07) is 6.01. The summed E-state index contributed by atoms with van der Waals surface area (Å²) in [5.41, 5.74) is 0.00303. The first kappa shape index (κ1) is 23.5. The minimum Gasteiger partial charge on any atom is -0.559 e. The largest absolute Gasteiger partial charge is 0.559 e. The number of benzene rings is 1. The molecule has 6 nitrogen and oxygen atoms in total. The van der Waals surface area contributed by atoms with Crippen LogP contribution in [0.5, 0.6) is 0 Å². The van der Waals surface area contributed by atoms with Crippen LogP contribution in [0, 0.1) is 6.07 Å². The minimum atomic E-state index is -1.25. The van der Waals surface area contributed by atoms with Crippen LogP contribution in [0.15, 0.2) is 16.6 Å². The first-order valence-electron chi connectivity index (χ1n) is 7.33. The molecule has 0 radical (unpaired) electrons. The third-order valence-corrected chi connectivity index (χ3v) is 3.79. The number of alkyl carbamates (subject to hydrolysis) is 1. The van der Waals surface area contributed by atoms with E-state index < -0.39 is 17.7 Å². The number of amides is 1. The van der Waals surface area contributed by atoms with Gasteiger partial charge in [-0.3, -0.25) is 0 Å². The van der Waals surface area contributed by atoms with Crippen molar-refractivity contribution in [2.75, 3.05) is 18.0 Å². The third kappa shape index (κ3) is 5.46. The number of carboxylic acids is 1. The van der Waals surface area contributed by atoms with Crippen molar-refractivity contribution in [1.29, 1.82) is 0 Å². The summed E-state index contributed by atoms with van der Waals surface area (Å²) < 4.78 is 5.86. The van der Waals surface area contributed by atoms with Crippen LogP contribution in [0.3, 0.4) is 0 Å². The second kappa shape index (κ2) is 8.19. The molecule has 0 unspecified atom stereocenters. The number of hydrogen-bond acceptors (Lipinski definition) is 5. The predicted octanol–water partition coefficient (Wildman–Crippen LogP) is 1.72. The van der Waals surface area contributed by atoms with Gasteiger partial charge in [0.1, 0.15) is 5.60 Å². The van der Waals surface area contributed by atoms with E-state index in [-0.39, 0.29) is 11.6 Å². The van der Waals surface area contributed by atoms with Gasteiger partial charge in [0.15, 0.2) is 0 Å². The van der Waals surface area contributed by atoms with Crippen LogP contribution in [0.1, 0.15) is 37.6 Å². The number of aromatic carboxylic acids is 1. The first-order chi connectivity index (χ1) is 10.7. The molecule has 2 rings (SSSR count). The predicted molar refractivity (Wildman–Crippen MR) is 87.3 cm³/mol. The van der Waals surface area contributed by atoms with Crippen LogP contribution in [-0.2, 0) is 4.74 Å². The van der Waals surface area contributed by atoms with Gasteiger partial charge in [0.05, 0.1) is 6.04 Å². The van der Waals surface area contributed by atoms with Crippen molar-refractivity contribution in [3.63, 3.8) is 0 Å². The van der Waals surface area contributed by atoms with Crippen molar-refractivity contribution >= 4 is 33.7 Å². The smallest absolute Gasteiger partial charge is 0.407 e. The van der Waals surface area contributed by atoms with E-state index >= 15 is 0 Å². The maximum atomic E-state index is 11.8. The fourth-order valence-electron chi connectivity index (χ4n) is 2.44. The number of ether oxygens (including phenoxy) is 1. The molecule has 1 N–H and O–H groups in total. The van der Waals surface area contributed by atoms with Crippen molar-refractivity contribution in [3.05, 3.63) is 28.2 Å². The second-order valence-electron chi connectivity index (χ2n) is 6.45. The standard InChI is InChI=1S/C16H20BrN2O4.3Cf/c1-16(2,3)23-15(22)18-11-6-7-19(9-11)13-5-4-10(17)8-12(13)14(20)21;;;/h4,8,11H,6-7,9H2,1-3H3,(H,18,22)(H,20,21);;;/q-1;;;/p-1/t11-;;;/m1.../s1. The molecule has 0 aromatic heterocycles. The average Bonchev–Trinajstić information content (AvgIpc) is 2.84. The SMILES string of the molecule is CC(C)(C)OC(=O)N[C@@H]1CCN(c2[c-]cc(Br)cc2C(=O)[O-])C1.[Cf].[Cf].[Cf]. The van der Waals surface area contributed by atoms with Crippen molar-refractivity contribution < 1.29 is 19.4 Å². The molecule has 1 saturated heterocycles. The first-order valence-corrected chi connectivity index (χ1v) is 8.12. The molecule has 1 aromatic carbocycles. The van der Waals surface area contributed by atoms with E-state index in [0.717, 1.165) is 0 Å². The van der Waals surface area contributed by atoms with Crippen molar-refractivity contribution in [1.82, 2.24) is 5.32 Å². The number of hydrogen-bond donors (Lipinski definition) is 1. The average molecular weight is 1140 g/mol. The molecule has 156 valence electrons. The number of rotatable bonds is 3. The normalized spacial score (nSPS) is 15.8. The van der Waals surface area contributed by atoms with Gasteiger partial charge >= 0.3 is 6.09 Å². The van der Waals surface area contributed by atoms with Gasteiger partial charge in [-0.1, -0.05) is 15.7 Å². The Morgan fingerprint density at radius 2 is 1.96 bits per heavy atom. The van der Waals surface area contributed by atoms with Gasteiger partial charge in [0.25, 0.3) is 0 Å². The maximum Gasteiger partial charge on any atom is 0.407 e. The second-order valence-corrected chi connectivity index (χ2v) is 7.36. The molecule has 0 aliphatic carbocycles. The minimum absolute atomic E-state index is 0. The van der Waals surface area contributed by atoms with Crippen molar-refractivity contribution in [2.24, 2.45) is 0 Å². The van der Waals surface area contributed by atoms with Crippen LogP contribution in [-0.4, -0.2) is 36.8 Å². The topological polar surface area (TPSA) is 81.7 Å². The van der Waals surface area contributed by atoms with Crippen molar-refractivity contribution in [2.45, 2.75) is 38.8 Å². The van der Waals surface area contributed by atoms with Crippen LogP contribution in [0.4, 0.5) is 10.5 Å². The van der Waals surface area contributed by atoms with Crippen molar-refractivity contribution in [3.8, 4) is 0 Å². The maximum absolute atomic E-state index is 11.8. The van der Waals surface area contributed by atoms with E-state index in [1.807, 2.05) is 4.90 Å². The fraction of sp³-hybridized carbons (Fsp3) is 0.500. The quantitative estimate of drug-likeness (QED) is 0.468. The third-order valence-electron chi connectivity index (χ3n) is 3.33. The fourth-order valence-corrected chi connectivity index (χ4v) is 2.78. The summed E-state index contributed by atoms with van der Waals surface area (Å²) in [5.74, 6) is -1.25. The Morgan fingerprint density at radius 3 is 2.50 bits per heavy atom. The van der Waals surface area contributed by atoms with Gasteiger partial charge in [0.2, 0.25) is 0 Å². The molecular formula is C16H19BrCf3N2O4-2. The molecule has 0 saturated carbocycles. The molecule has 1 aromatic rings. The number of carbonyl (C=O) groups is 2. The Bertz CT molecular complexity index is 626. The molecule has 1 heterocycles. The molecule has 1 amide bonds. The summed E-state index contributed by atoms with van der Waals surface area (Å²) in [5, 5.41) is 14.1. The van der Waals surface area contributed by atoms with E-state index in [4.69, 9.17) is 4.74 Å². The van der Waals surface area contributed by atoms with Crippen LogP contribution in [0.2, 0.25) is 0 Å². The summed E-state index contributed by atoms with van der Waals surface area (Å²) in [6.45, 7) is 6.53. The Labute approximate surface area is 143 Å². The Balaban J connectivity index is 0. The number of halogens is 1. The molecule has 0 spiro atoms. The number of nitrogens with one attached hydrogen (secondary N) is 1. The monoisotopic (exact) mass is 1130 g/mol. The number of carbonyl (C=O) groups excluding carboxylic acids is 2. The van der Waals surface area contributed by atoms with Crippen LogP contribution >= 0.6 is 15.9 Å². The molecule has 10 heteroatoms. The molecule has 26 heavy (non-hydrogen) atoms. The van der Waals surface area contributed by atoms with Gasteiger partial charge in [-0.25, -0.2) is 4.79 Å². The zero-order chi connectivity index (χ0) is 17.2. The van der Waals surface area contributed by atoms with E-state index in [1.165, 1.54) is 6.07 Å². The van der Waals surface area contributed by atoms with Gasteiger partial charge in [-0.15, -0.1) is 22.0 Å². The zero-order valence-corrected chi connectivity index (χ0v) is 23.7. The zero-order valence-electron chi connectivity index (χ0n) is 14.3. The van der Waals surface area contributed by atoms with Gasteiger partial charge in [0, 0.05) is 19.1 Å². The molecular weight excluding hydrogens is 1120 g/mol. The number of anilines is 1. The van der Waals surface area contributed by atoms with Gasteiger partial charge in [-0.05, 0) is 27.2 Å². The van der Waals surface area contributed by atoms with Crippen LogP contribution in [0.25, 0.3) is 0 Å². The van der Waals surface area contributed by atoms with Gasteiger partial charge in [-0.2, -0.15) is 12.1 Å². The van der Waals surface area contributed by atoms with E-state index in [9.17, 15) is 14.7 Å². The molecule has 0 bridgehead atoms. The van der Waals surface area contributed by atoms with E-state index in [1.54, 1.807) is 26.8 Å². The Morgan fingerprint density at radius 1 is 1.35 bits per heavy atom. The molecule has 1 atom stereocenters. The Kier molecular flexibility index (Phi) is 7.41. The summed E-state index contributed by atoms with van der Waals surface area (Å²) >= 11 is 3.23. The molecule has 1 aliphatic heterocycles. The summed E-state index contributed by atoms with van der Waals surface area (Å²) in [4.78, 5) is 25.0. The summed E-state index contributed by atoms with van der Waals surface area (Å²) in [7, 11) is 0.